The third kappa shape index (κ3) is 4.67. The van der Waals surface area contributed by atoms with Crippen molar-refractivity contribution in [1.29, 1.82) is 0 Å². The van der Waals surface area contributed by atoms with E-state index in [1.165, 1.54) is 19.3 Å². The van der Waals surface area contributed by atoms with Gasteiger partial charge in [0, 0.05) is 5.56 Å². The number of hydrogen-bond donors (Lipinski definition) is 1. The highest BCUT2D eigenvalue weighted by molar-refractivity contribution is 6.03. The van der Waals surface area contributed by atoms with E-state index in [-0.39, 0.29) is 5.78 Å². The van der Waals surface area contributed by atoms with Crippen LogP contribution in [0.15, 0.2) is 30.3 Å². The van der Waals surface area contributed by atoms with Crippen molar-refractivity contribution in [3.8, 4) is 0 Å². The first-order valence-electron chi connectivity index (χ1n) is 8.97. The molecule has 1 aromatic carbocycles. The van der Waals surface area contributed by atoms with E-state index in [0.717, 1.165) is 31.4 Å². The molecule has 0 fully saturated rings. The summed E-state index contributed by atoms with van der Waals surface area (Å²) in [6, 6.07) is 9.74. The van der Waals surface area contributed by atoms with Crippen molar-refractivity contribution < 1.29 is 4.79 Å². The molecule has 0 bridgehead atoms. The minimum Gasteiger partial charge on any atom is -0.304 e. The molecule has 0 aromatic heterocycles. The Bertz CT molecular complexity index is 429. The molecule has 22 heavy (non-hydrogen) atoms. The van der Waals surface area contributed by atoms with Gasteiger partial charge in [-0.3, -0.25) is 4.79 Å². The predicted octanol–water partition coefficient (Wildman–Crippen LogP) is 5.23. The van der Waals surface area contributed by atoms with Crippen molar-refractivity contribution >= 4 is 5.78 Å². The molecule has 2 unspecified atom stereocenters. The van der Waals surface area contributed by atoms with Gasteiger partial charge in [-0.25, -0.2) is 0 Å². The third-order valence-electron chi connectivity index (χ3n) is 4.92. The first-order chi connectivity index (χ1) is 10.6. The molecule has 0 spiro atoms. The number of rotatable bonds is 11. The molecule has 0 aliphatic carbocycles. The summed E-state index contributed by atoms with van der Waals surface area (Å²) in [5.74, 6) is 0.580. The SMILES string of the molecule is CCCCCCNC(CC)(C(=O)c1ccccc1)C(C)CC. The minimum absolute atomic E-state index is 0.250. The average molecular weight is 303 g/mol. The van der Waals surface area contributed by atoms with Crippen molar-refractivity contribution in [2.75, 3.05) is 6.54 Å². The highest BCUT2D eigenvalue weighted by Crippen LogP contribution is 2.28. The van der Waals surface area contributed by atoms with Gasteiger partial charge in [-0.05, 0) is 25.3 Å². The molecule has 1 rings (SSSR count). The Hall–Kier alpha value is -1.15. The van der Waals surface area contributed by atoms with E-state index in [2.05, 4.69) is 33.0 Å². The molecule has 0 aliphatic rings. The lowest BCUT2D eigenvalue weighted by atomic mass is 9.75. The van der Waals surface area contributed by atoms with E-state index < -0.39 is 5.54 Å². The molecular formula is C20H33NO. The molecule has 0 aliphatic heterocycles. The van der Waals surface area contributed by atoms with Crippen molar-refractivity contribution in [2.45, 2.75) is 71.8 Å². The van der Waals surface area contributed by atoms with Crippen LogP contribution in [0.4, 0.5) is 0 Å². The fourth-order valence-corrected chi connectivity index (χ4v) is 3.17. The van der Waals surface area contributed by atoms with Crippen molar-refractivity contribution in [3.05, 3.63) is 35.9 Å². The average Bonchev–Trinajstić information content (AvgIpc) is 2.58. The monoisotopic (exact) mass is 303 g/mol. The van der Waals surface area contributed by atoms with E-state index in [1.54, 1.807) is 0 Å². The van der Waals surface area contributed by atoms with Crippen LogP contribution in [0.1, 0.15) is 76.6 Å². The van der Waals surface area contributed by atoms with Crippen LogP contribution in [0, 0.1) is 5.92 Å². The van der Waals surface area contributed by atoms with Gasteiger partial charge in [-0.1, -0.05) is 83.7 Å². The van der Waals surface area contributed by atoms with Gasteiger partial charge in [0.25, 0.3) is 0 Å². The van der Waals surface area contributed by atoms with Crippen LogP contribution in [0.3, 0.4) is 0 Å². The lowest BCUT2D eigenvalue weighted by molar-refractivity contribution is 0.0760. The summed E-state index contributed by atoms with van der Waals surface area (Å²) in [4.78, 5) is 13.2. The van der Waals surface area contributed by atoms with Gasteiger partial charge in [0.1, 0.15) is 0 Å². The van der Waals surface area contributed by atoms with Crippen LogP contribution in [-0.4, -0.2) is 17.9 Å². The number of carbonyl (C=O) groups is 1. The van der Waals surface area contributed by atoms with Crippen molar-refractivity contribution in [2.24, 2.45) is 5.92 Å². The summed E-state index contributed by atoms with van der Waals surface area (Å²) in [5, 5.41) is 3.64. The van der Waals surface area contributed by atoms with E-state index >= 15 is 0 Å². The zero-order chi connectivity index (χ0) is 16.4. The van der Waals surface area contributed by atoms with Crippen LogP contribution in [-0.2, 0) is 0 Å². The van der Waals surface area contributed by atoms with Gasteiger partial charge < -0.3 is 5.32 Å². The van der Waals surface area contributed by atoms with Gasteiger partial charge in [-0.2, -0.15) is 0 Å². The number of Topliss-reactive ketones (excluding diaryl/α,β-unsaturated/α-hetero) is 1. The molecule has 0 saturated carbocycles. The highest BCUT2D eigenvalue weighted by atomic mass is 16.1. The topological polar surface area (TPSA) is 29.1 Å². The normalized spacial score (nSPS) is 15.3. The maximum Gasteiger partial charge on any atom is 0.183 e. The first kappa shape index (κ1) is 18.9. The van der Waals surface area contributed by atoms with Crippen LogP contribution < -0.4 is 5.32 Å². The summed E-state index contributed by atoms with van der Waals surface area (Å²) in [6.07, 6.45) is 6.75. The Morgan fingerprint density at radius 2 is 1.77 bits per heavy atom. The van der Waals surface area contributed by atoms with Gasteiger partial charge in [0.05, 0.1) is 5.54 Å². The second-order valence-corrected chi connectivity index (χ2v) is 6.32. The number of carbonyl (C=O) groups excluding carboxylic acids is 1. The predicted molar refractivity (Wildman–Crippen MR) is 95.4 cm³/mol. The summed E-state index contributed by atoms with van der Waals surface area (Å²) in [5.41, 5.74) is 0.396. The minimum atomic E-state index is -0.428. The molecule has 2 nitrogen and oxygen atoms in total. The molecule has 1 N–H and O–H groups in total. The summed E-state index contributed by atoms with van der Waals surface area (Å²) in [7, 11) is 0. The maximum atomic E-state index is 13.2. The number of nitrogens with one attached hydrogen (secondary N) is 1. The zero-order valence-corrected chi connectivity index (χ0v) is 14.8. The quantitative estimate of drug-likeness (QED) is 0.448. The molecule has 2 heteroatoms. The molecule has 1 aromatic rings. The largest absolute Gasteiger partial charge is 0.304 e. The van der Waals surface area contributed by atoms with Crippen LogP contribution in [0.2, 0.25) is 0 Å². The second-order valence-electron chi connectivity index (χ2n) is 6.32. The molecule has 0 heterocycles. The lowest BCUT2D eigenvalue weighted by Crippen LogP contribution is -2.56. The molecular weight excluding hydrogens is 270 g/mol. The standard InChI is InChI=1S/C20H33NO/c1-5-8-9-13-16-21-20(7-3,17(4)6-2)19(22)18-14-11-10-12-15-18/h10-12,14-15,17,21H,5-9,13,16H2,1-4H3. The third-order valence-corrected chi connectivity index (χ3v) is 4.92. The summed E-state index contributed by atoms with van der Waals surface area (Å²) >= 11 is 0. The molecule has 124 valence electrons. The van der Waals surface area contributed by atoms with Crippen molar-refractivity contribution in [3.63, 3.8) is 0 Å². The summed E-state index contributed by atoms with van der Waals surface area (Å²) < 4.78 is 0. The molecule has 0 saturated heterocycles. The number of benzene rings is 1. The van der Waals surface area contributed by atoms with Gasteiger partial charge in [0.2, 0.25) is 0 Å². The van der Waals surface area contributed by atoms with Gasteiger partial charge in [-0.15, -0.1) is 0 Å². The Morgan fingerprint density at radius 1 is 1.09 bits per heavy atom. The van der Waals surface area contributed by atoms with E-state index in [0.29, 0.717) is 5.92 Å². The smallest absolute Gasteiger partial charge is 0.183 e. The van der Waals surface area contributed by atoms with Crippen LogP contribution in [0.25, 0.3) is 0 Å². The number of ketones is 1. The Morgan fingerprint density at radius 3 is 2.32 bits per heavy atom. The maximum absolute atomic E-state index is 13.2. The van der Waals surface area contributed by atoms with E-state index in [9.17, 15) is 4.79 Å². The Kier molecular flexibility index (Phi) is 8.40. The van der Waals surface area contributed by atoms with Gasteiger partial charge >= 0.3 is 0 Å². The first-order valence-corrected chi connectivity index (χ1v) is 8.97. The number of unbranched alkanes of at least 4 members (excludes halogenated alkanes) is 3. The molecule has 0 radical (unpaired) electrons. The fourth-order valence-electron chi connectivity index (χ4n) is 3.17. The van der Waals surface area contributed by atoms with Crippen LogP contribution >= 0.6 is 0 Å². The fraction of sp³-hybridized carbons (Fsp3) is 0.650. The van der Waals surface area contributed by atoms with Crippen LogP contribution in [0.5, 0.6) is 0 Å². The molecule has 0 amide bonds. The zero-order valence-electron chi connectivity index (χ0n) is 14.8. The summed E-state index contributed by atoms with van der Waals surface area (Å²) in [6.45, 7) is 9.65. The molecule has 2 atom stereocenters. The second kappa shape index (κ2) is 9.78. The number of hydrogen-bond acceptors (Lipinski definition) is 2. The Labute approximate surface area is 136 Å². The van der Waals surface area contributed by atoms with E-state index in [1.807, 2.05) is 30.3 Å². The Balaban J connectivity index is 2.88. The van der Waals surface area contributed by atoms with Crippen molar-refractivity contribution in [1.82, 2.24) is 5.32 Å². The van der Waals surface area contributed by atoms with E-state index in [4.69, 9.17) is 0 Å². The highest BCUT2D eigenvalue weighted by Gasteiger charge is 2.40. The van der Waals surface area contributed by atoms with Gasteiger partial charge in [0.15, 0.2) is 5.78 Å². The lowest BCUT2D eigenvalue weighted by Gasteiger charge is -2.38.